The minimum absolute atomic E-state index is 0.885. The van der Waals surface area contributed by atoms with E-state index in [-0.39, 0.29) is 0 Å². The highest BCUT2D eigenvalue weighted by molar-refractivity contribution is 7.87. The molecule has 0 aromatic heterocycles. The number of carboxylic acid groups (broad SMARTS) is 2. The summed E-state index contributed by atoms with van der Waals surface area (Å²) in [6.07, 6.45) is -0.885. The van der Waals surface area contributed by atoms with Crippen molar-refractivity contribution in [3.05, 3.63) is 0 Å². The molecule has 0 heterocycles. The number of carboxylic acids is 2. The molecular weight excluding hydrogens is 218 g/mol. The fourth-order valence-corrected chi connectivity index (χ4v) is 1.39. The fraction of sp³-hybridized carbons (Fsp3) is 0.600. The molecule has 0 aliphatic rings. The molecule has 0 aromatic rings. The third-order valence-corrected chi connectivity index (χ3v) is 2.53. The van der Waals surface area contributed by atoms with Crippen LogP contribution in [0.15, 0.2) is 0 Å². The average Bonchev–Trinajstić information content (AvgIpc) is 1.96. The van der Waals surface area contributed by atoms with Gasteiger partial charge in [0.1, 0.15) is 6.04 Å². The van der Waals surface area contributed by atoms with Crippen LogP contribution in [0.2, 0.25) is 0 Å². The molecule has 9 heteroatoms. The van der Waals surface area contributed by atoms with Crippen LogP contribution in [0.3, 0.4) is 0 Å². The van der Waals surface area contributed by atoms with Crippen LogP contribution < -0.4 is 5.73 Å². The van der Waals surface area contributed by atoms with E-state index < -0.39 is 39.8 Å². The minimum Gasteiger partial charge on any atom is -0.480 e. The van der Waals surface area contributed by atoms with Crippen molar-refractivity contribution < 1.29 is 32.8 Å². The van der Waals surface area contributed by atoms with Gasteiger partial charge < -0.3 is 15.9 Å². The number of nitrogens with two attached hydrogens (primary N) is 1. The zero-order valence-electron chi connectivity index (χ0n) is 6.82. The highest BCUT2D eigenvalue weighted by Gasteiger charge is 2.34. The second-order valence-corrected chi connectivity index (χ2v) is 4.12. The molecule has 0 amide bonds. The molecule has 0 fully saturated rings. The van der Waals surface area contributed by atoms with E-state index >= 15 is 0 Å². The molecule has 0 spiro atoms. The van der Waals surface area contributed by atoms with Gasteiger partial charge in [-0.2, -0.15) is 8.42 Å². The van der Waals surface area contributed by atoms with Gasteiger partial charge in [0, 0.05) is 6.42 Å². The van der Waals surface area contributed by atoms with Crippen LogP contribution in [0.4, 0.5) is 0 Å². The number of hydrogen-bond donors (Lipinski definition) is 4. The Morgan fingerprint density at radius 2 is 1.64 bits per heavy atom. The Kier molecular flexibility index (Phi) is 3.98. The molecule has 0 bridgehead atoms. The topological polar surface area (TPSA) is 155 Å². The van der Waals surface area contributed by atoms with E-state index in [9.17, 15) is 18.0 Å². The van der Waals surface area contributed by atoms with Gasteiger partial charge in [0.25, 0.3) is 10.1 Å². The molecule has 0 unspecified atom stereocenters. The van der Waals surface area contributed by atoms with Gasteiger partial charge in [0.2, 0.25) is 0 Å². The van der Waals surface area contributed by atoms with Crippen LogP contribution in [-0.4, -0.2) is 46.4 Å². The van der Waals surface area contributed by atoms with Gasteiger partial charge in [-0.15, -0.1) is 0 Å². The van der Waals surface area contributed by atoms with E-state index in [0.717, 1.165) is 0 Å². The zero-order valence-corrected chi connectivity index (χ0v) is 7.64. The summed E-state index contributed by atoms with van der Waals surface area (Å²) in [5.41, 5.74) is 4.91. The highest BCUT2D eigenvalue weighted by atomic mass is 32.2. The summed E-state index contributed by atoms with van der Waals surface area (Å²) < 4.78 is 29.3. The molecule has 82 valence electrons. The van der Waals surface area contributed by atoms with Crippen LogP contribution in [-0.2, 0) is 19.7 Å². The maximum absolute atomic E-state index is 10.5. The zero-order chi connectivity index (χ0) is 11.5. The lowest BCUT2D eigenvalue weighted by atomic mass is 10.2. The van der Waals surface area contributed by atoms with E-state index in [1.165, 1.54) is 0 Å². The Bertz CT molecular complexity index is 334. The second-order valence-electron chi connectivity index (χ2n) is 2.52. The molecule has 0 radical (unpaired) electrons. The summed E-state index contributed by atoms with van der Waals surface area (Å²) in [5, 5.41) is 14.4. The Morgan fingerprint density at radius 3 is 1.86 bits per heavy atom. The predicted octanol–water partition coefficient (Wildman–Crippen LogP) is -1.87. The van der Waals surface area contributed by atoms with E-state index in [1.807, 2.05) is 0 Å². The average molecular weight is 227 g/mol. The van der Waals surface area contributed by atoms with Crippen molar-refractivity contribution in [2.24, 2.45) is 5.73 Å². The Labute approximate surface area is 79.1 Å². The molecule has 2 atom stereocenters. The smallest absolute Gasteiger partial charge is 0.324 e. The largest absolute Gasteiger partial charge is 0.480 e. The molecule has 0 aliphatic carbocycles. The summed E-state index contributed by atoms with van der Waals surface area (Å²) in [7, 11) is -4.84. The first-order valence-corrected chi connectivity index (χ1v) is 4.84. The first kappa shape index (κ1) is 12.8. The molecule has 0 aromatic carbocycles. The summed E-state index contributed by atoms with van der Waals surface area (Å²) in [5.74, 6) is -3.39. The standard InChI is InChI=1S/C5H9NO7S/c6-2(4(7)8)1-3(5(9)10)14(11,12)13/h2-3H,1,6H2,(H,7,8)(H,9,10)(H,11,12,13)/t2-,3+/m1/s1. The molecule has 0 saturated heterocycles. The molecule has 5 N–H and O–H groups in total. The van der Waals surface area contributed by atoms with Crippen molar-refractivity contribution in [3.63, 3.8) is 0 Å². The van der Waals surface area contributed by atoms with Crippen molar-refractivity contribution in [3.8, 4) is 0 Å². The van der Waals surface area contributed by atoms with Crippen LogP contribution in [0, 0.1) is 0 Å². The molecule has 14 heavy (non-hydrogen) atoms. The van der Waals surface area contributed by atoms with Crippen LogP contribution >= 0.6 is 0 Å². The normalized spacial score (nSPS) is 15.9. The van der Waals surface area contributed by atoms with Crippen molar-refractivity contribution in [2.75, 3.05) is 0 Å². The van der Waals surface area contributed by atoms with E-state index in [2.05, 4.69) is 0 Å². The monoisotopic (exact) mass is 227 g/mol. The highest BCUT2D eigenvalue weighted by Crippen LogP contribution is 2.07. The quantitative estimate of drug-likeness (QED) is 0.398. The Hall–Kier alpha value is -1.19. The molecule has 0 saturated carbocycles. The SMILES string of the molecule is N[C@H](C[C@@H](C(=O)O)S(=O)(=O)O)C(=O)O. The van der Waals surface area contributed by atoms with Crippen LogP contribution in [0.5, 0.6) is 0 Å². The third kappa shape index (κ3) is 3.68. The van der Waals surface area contributed by atoms with Crippen molar-refractivity contribution in [2.45, 2.75) is 17.7 Å². The van der Waals surface area contributed by atoms with Gasteiger partial charge in [-0.25, -0.2) is 0 Å². The van der Waals surface area contributed by atoms with Gasteiger partial charge in [-0.1, -0.05) is 0 Å². The first-order chi connectivity index (χ1) is 6.16. The lowest BCUT2D eigenvalue weighted by molar-refractivity contribution is -0.139. The minimum atomic E-state index is -4.84. The van der Waals surface area contributed by atoms with Gasteiger partial charge in [0.05, 0.1) is 0 Å². The van der Waals surface area contributed by atoms with Gasteiger partial charge in [-0.3, -0.25) is 14.1 Å². The lowest BCUT2D eigenvalue weighted by Gasteiger charge is -2.11. The van der Waals surface area contributed by atoms with Crippen molar-refractivity contribution in [1.82, 2.24) is 0 Å². The fourth-order valence-electron chi connectivity index (χ4n) is 0.681. The Morgan fingerprint density at radius 1 is 1.21 bits per heavy atom. The summed E-state index contributed by atoms with van der Waals surface area (Å²) >= 11 is 0. The van der Waals surface area contributed by atoms with Crippen LogP contribution in [0.1, 0.15) is 6.42 Å². The maximum atomic E-state index is 10.5. The summed E-state index contributed by atoms with van der Waals surface area (Å²) in [6, 6.07) is -1.65. The van der Waals surface area contributed by atoms with Crippen molar-refractivity contribution in [1.29, 1.82) is 0 Å². The van der Waals surface area contributed by atoms with Gasteiger partial charge >= 0.3 is 11.9 Å². The molecule has 0 aliphatic heterocycles. The second kappa shape index (κ2) is 4.35. The third-order valence-electron chi connectivity index (χ3n) is 1.42. The van der Waals surface area contributed by atoms with Gasteiger partial charge in [0.15, 0.2) is 5.25 Å². The summed E-state index contributed by atoms with van der Waals surface area (Å²) in [6.45, 7) is 0. The number of rotatable bonds is 5. The van der Waals surface area contributed by atoms with E-state index in [1.54, 1.807) is 0 Å². The number of aliphatic carboxylic acids is 2. The number of hydrogen-bond acceptors (Lipinski definition) is 5. The van der Waals surface area contributed by atoms with E-state index in [4.69, 9.17) is 20.5 Å². The Balaban J connectivity index is 4.73. The predicted molar refractivity (Wildman–Crippen MR) is 43.2 cm³/mol. The molecular formula is C5H9NO7S. The number of carbonyl (C=O) groups is 2. The maximum Gasteiger partial charge on any atom is 0.324 e. The van der Waals surface area contributed by atoms with Gasteiger partial charge in [-0.05, 0) is 0 Å². The lowest BCUT2D eigenvalue weighted by Crippen LogP contribution is -2.40. The molecule has 8 nitrogen and oxygen atoms in total. The first-order valence-electron chi connectivity index (χ1n) is 3.33. The summed E-state index contributed by atoms with van der Waals surface area (Å²) in [4.78, 5) is 20.5. The van der Waals surface area contributed by atoms with Crippen molar-refractivity contribution >= 4 is 22.1 Å². The molecule has 0 rings (SSSR count). The van der Waals surface area contributed by atoms with Crippen LogP contribution in [0.25, 0.3) is 0 Å². The van der Waals surface area contributed by atoms with E-state index in [0.29, 0.717) is 0 Å².